The number of nitrogens with one attached hydrogen (secondary N) is 2. The average molecular weight is 2050 g/mol. The number of hydrogen-bond donors (Lipinski definition) is 6. The molecule has 0 amide bonds. The zero-order chi connectivity index (χ0) is 88.4. The van der Waals surface area contributed by atoms with Crippen molar-refractivity contribution in [1.82, 2.24) is 0 Å². The minimum atomic E-state index is -1.43. The van der Waals surface area contributed by atoms with Crippen LogP contribution in [0.1, 0.15) is 67.2 Å². The van der Waals surface area contributed by atoms with Crippen molar-refractivity contribution in [3.05, 3.63) is 481 Å². The second-order valence-corrected chi connectivity index (χ2v) is 35.3. The van der Waals surface area contributed by atoms with Crippen LogP contribution in [-0.4, -0.2) is 39.3 Å². The molecule has 1 spiro atoms. The first-order chi connectivity index (χ1) is 62.4. The van der Waals surface area contributed by atoms with Gasteiger partial charge in [-0.3, -0.25) is 9.59 Å². The Morgan fingerprint density at radius 1 is 0.262 bits per heavy atom. The molecule has 8 nitrogen and oxygen atoms in total. The maximum Gasteiger partial charge on any atom is 0.489 e. The Hall–Kier alpha value is -12.9. The molecule has 642 valence electrons. The molecule has 0 atom stereocenters. The molecule has 3 aliphatic rings. The van der Waals surface area contributed by atoms with Crippen LogP contribution in [0.5, 0.6) is 0 Å². The fourth-order valence-electron chi connectivity index (χ4n) is 18.0. The Morgan fingerprint density at radius 3 is 0.800 bits per heavy atom. The SMILES string of the molecule is Brc1ccc2c(c1)C1(c3cc(Br)ccc3C2)c2cc(Br)ccc2Nc2ccc(Br)cc21.C.CC(=O)O.CC(=O)O.OB(O)c1ccccc1-c1ccccc1.[2HH].[Pd].c1ccc(-c2ccccc2-c2ccc3c(c2)-c2cc(-c4ccccc4-c4ccccc4)ccc2Nc2ccc(-c4ccccc4-c4ccccc4)cc2-c2cc(-c4ccccc4-c4ccccc4)ccc2C3)cc1. The van der Waals surface area contributed by atoms with Crippen LogP contribution in [-0.2, 0) is 48.3 Å². The predicted octanol–water partition coefficient (Wildman–Crippen LogP) is 31.2. The van der Waals surface area contributed by atoms with E-state index in [2.05, 4.69) is 438 Å². The largest absolute Gasteiger partial charge is 0.489 e. The summed E-state index contributed by atoms with van der Waals surface area (Å²) in [6.45, 7) is 2.17. The van der Waals surface area contributed by atoms with E-state index in [0.717, 1.165) is 89.6 Å². The van der Waals surface area contributed by atoms with E-state index in [4.69, 9.17) is 19.8 Å². The first kappa shape index (κ1) is 91.8. The van der Waals surface area contributed by atoms with E-state index < -0.39 is 24.5 Å². The van der Waals surface area contributed by atoms with Gasteiger partial charge in [0.25, 0.3) is 11.9 Å². The van der Waals surface area contributed by atoms with Crippen LogP contribution in [0.15, 0.2) is 436 Å². The Kier molecular flexibility index (Phi) is 29.4. The van der Waals surface area contributed by atoms with Crippen LogP contribution >= 0.6 is 63.7 Å². The number of carbonyl (C=O) groups is 2. The first-order valence-electron chi connectivity index (χ1n) is 42.2. The van der Waals surface area contributed by atoms with Crippen LogP contribution in [0.4, 0.5) is 22.7 Å². The Morgan fingerprint density at radius 2 is 0.485 bits per heavy atom. The number of aliphatic carboxylic acids is 2. The summed E-state index contributed by atoms with van der Waals surface area (Å²) in [5.41, 5.74) is 40.5. The summed E-state index contributed by atoms with van der Waals surface area (Å²) in [5.74, 6) is -1.67. The number of benzene rings is 18. The Balaban J connectivity index is 0.000000197. The van der Waals surface area contributed by atoms with E-state index in [0.29, 0.717) is 5.46 Å². The molecule has 2 aliphatic heterocycles. The summed E-state index contributed by atoms with van der Waals surface area (Å²) >= 11 is 15.0. The molecule has 0 radical (unpaired) electrons. The Bertz CT molecular complexity index is 6400. The molecule has 18 aromatic rings. The molecular weight excluding hydrogens is 1950 g/mol. The Labute approximate surface area is 809 Å². The van der Waals surface area contributed by atoms with Crippen LogP contribution in [0.25, 0.3) is 122 Å². The molecule has 14 heteroatoms. The molecule has 21 rings (SSSR count). The van der Waals surface area contributed by atoms with Gasteiger partial charge in [-0.15, -0.1) is 0 Å². The van der Waals surface area contributed by atoms with E-state index in [1.807, 2.05) is 42.5 Å². The molecule has 0 aromatic heterocycles. The molecule has 130 heavy (non-hydrogen) atoms. The van der Waals surface area contributed by atoms with Crippen molar-refractivity contribution in [2.24, 2.45) is 0 Å². The summed E-state index contributed by atoms with van der Waals surface area (Å²) in [4.78, 5) is 18.0. The zero-order valence-electron chi connectivity index (χ0n) is 70.3. The van der Waals surface area contributed by atoms with Crippen LogP contribution in [0.3, 0.4) is 0 Å². The summed E-state index contributed by atoms with van der Waals surface area (Å²) in [6, 6.07) is 150. The maximum atomic E-state index is 9.22. The van der Waals surface area contributed by atoms with Gasteiger partial charge in [-0.05, 0) is 271 Å². The van der Waals surface area contributed by atoms with E-state index in [9.17, 15) is 10.0 Å². The molecule has 0 saturated heterocycles. The van der Waals surface area contributed by atoms with Crippen LogP contribution < -0.4 is 16.1 Å². The molecule has 6 N–H and O–H groups in total. The van der Waals surface area contributed by atoms with Gasteiger partial charge in [0, 0.05) is 87.5 Å². The third kappa shape index (κ3) is 19.9. The quantitative estimate of drug-likeness (QED) is 0.0745. The maximum absolute atomic E-state index is 9.22. The van der Waals surface area contributed by atoms with Gasteiger partial charge >= 0.3 is 7.12 Å². The number of fused-ring (bicyclic) bond motifs is 14. The van der Waals surface area contributed by atoms with Crippen molar-refractivity contribution in [2.75, 3.05) is 10.6 Å². The monoisotopic (exact) mass is 2040 g/mol. The summed E-state index contributed by atoms with van der Waals surface area (Å²) < 4.78 is 4.33. The van der Waals surface area contributed by atoms with E-state index >= 15 is 0 Å². The number of carboxylic acids is 2. The number of anilines is 4. The molecule has 0 saturated carbocycles. The minimum absolute atomic E-state index is 0. The fourth-order valence-corrected chi connectivity index (χ4v) is 19.4. The fraction of sp³-hybridized carbons (Fsp3) is 0.0517. The summed E-state index contributed by atoms with van der Waals surface area (Å²) in [6.07, 6.45) is 1.65. The molecule has 0 bridgehead atoms. The summed E-state index contributed by atoms with van der Waals surface area (Å²) in [7, 11) is -1.43. The van der Waals surface area contributed by atoms with Gasteiger partial charge in [0.15, 0.2) is 0 Å². The van der Waals surface area contributed by atoms with Gasteiger partial charge < -0.3 is 30.9 Å². The topological polar surface area (TPSA) is 139 Å². The normalized spacial score (nSPS) is 11.7. The average Bonchev–Trinajstić information content (AvgIpc) is 0.684. The first-order valence-corrected chi connectivity index (χ1v) is 45.3. The molecule has 18 aromatic carbocycles. The van der Waals surface area contributed by atoms with Gasteiger partial charge in [-0.25, -0.2) is 0 Å². The van der Waals surface area contributed by atoms with Crippen molar-refractivity contribution in [1.29, 1.82) is 0 Å². The van der Waals surface area contributed by atoms with Gasteiger partial charge in [0.1, 0.15) is 0 Å². The zero-order valence-corrected chi connectivity index (χ0v) is 78.2. The van der Waals surface area contributed by atoms with Crippen molar-refractivity contribution in [2.45, 2.75) is 39.5 Å². The third-order valence-corrected chi connectivity index (χ3v) is 25.5. The molecule has 0 fully saturated rings. The number of carboxylic acid groups (broad SMARTS) is 2. The second-order valence-electron chi connectivity index (χ2n) is 31.6. The van der Waals surface area contributed by atoms with Crippen LogP contribution in [0, 0.1) is 0 Å². The van der Waals surface area contributed by atoms with E-state index in [1.165, 1.54) is 145 Å². The molecule has 2 heterocycles. The van der Waals surface area contributed by atoms with Crippen molar-refractivity contribution < 1.29 is 51.7 Å². The summed E-state index contributed by atoms with van der Waals surface area (Å²) in [5, 5.41) is 41.1. The standard InChI is InChI=1S/C73H51N.C26H15Br4N.C12H11BO2.2C2H4O2.CH4.Pd.H2/c1-5-21-50(22-6-1)60-29-13-17-33-64(60)56-39-37-54-45-55-38-40-57(65-34-18-14-30-61(65)51-23-7-2-8-24-51)47-69(55)71-49-59(67-36-20-16-32-63(67)53-27-11-4-12-28-53)42-44-73(71)74-72-43-41-58(48-70(72)68(54)46-56)66-35-19-15-31-62(66)52-25-9-3-10-26-52;27-16-3-1-14-9-15-2-4-17(28)11-21(15)26(20(14)10-16)22-12-18(29)5-7-24(22)31-25-8-6-19(30)13-23(25)26;14-13(15)12-9-5-4-8-11(12)10-6-2-1-3-7-10;2*1-2(3)4;;;/h1-44,46-49,74H,45H2;1-8,10-13,31H,9H2;1-9,14-15H;2*1H3,(H,3,4);1H4;;1H/i;;;;;;;1+1. The smallest absolute Gasteiger partial charge is 0.481 e. The van der Waals surface area contributed by atoms with Gasteiger partial charge in [0.05, 0.1) is 5.41 Å². The third-order valence-electron chi connectivity index (χ3n) is 23.5. The van der Waals surface area contributed by atoms with E-state index in [1.54, 1.807) is 12.1 Å². The number of halogens is 4. The van der Waals surface area contributed by atoms with Crippen molar-refractivity contribution in [3.63, 3.8) is 0 Å². The van der Waals surface area contributed by atoms with Crippen molar-refractivity contribution >= 4 is 111 Å². The van der Waals surface area contributed by atoms with Crippen LogP contribution in [0.2, 0.25) is 0 Å². The number of rotatable bonds is 10. The van der Waals surface area contributed by atoms with Gasteiger partial charge in [-0.2, -0.15) is 0 Å². The minimum Gasteiger partial charge on any atom is -0.481 e. The second kappa shape index (κ2) is 41.7. The van der Waals surface area contributed by atoms with Gasteiger partial charge in [-0.1, -0.05) is 393 Å². The number of hydrogen-bond acceptors (Lipinski definition) is 6. The van der Waals surface area contributed by atoms with Gasteiger partial charge in [0.2, 0.25) is 0 Å². The predicted molar refractivity (Wildman–Crippen MR) is 552 cm³/mol. The molecule has 0 unspecified atom stereocenters. The molecule has 1 aliphatic carbocycles. The van der Waals surface area contributed by atoms with Crippen molar-refractivity contribution in [3.8, 4) is 122 Å². The molecular formula is C116H91BBr4N2O6Pd. The van der Waals surface area contributed by atoms with E-state index in [-0.39, 0.29) is 29.3 Å².